The highest BCUT2D eigenvalue weighted by atomic mass is 16.5. The Morgan fingerprint density at radius 1 is 1.50 bits per heavy atom. The minimum atomic E-state index is -0.935. The summed E-state index contributed by atoms with van der Waals surface area (Å²) < 4.78 is 4.72. The van der Waals surface area contributed by atoms with Gasteiger partial charge >= 0.3 is 12.1 Å². The van der Waals surface area contributed by atoms with Gasteiger partial charge in [-0.2, -0.15) is 0 Å². The molecule has 0 aliphatic heterocycles. The Hall–Kier alpha value is -1.52. The minimum absolute atomic E-state index is 0.0959. The number of carboxylic acid groups (broad SMARTS) is 1. The molecule has 0 aromatic rings. The van der Waals surface area contributed by atoms with Gasteiger partial charge in [-0.1, -0.05) is 26.5 Å². The number of amides is 1. The predicted octanol–water partition coefficient (Wildman–Crippen LogP) is 1.79. The van der Waals surface area contributed by atoms with E-state index >= 15 is 0 Å². The van der Waals surface area contributed by atoms with Gasteiger partial charge in [0.1, 0.15) is 6.61 Å². The number of carbonyl (C=O) groups is 2. The first kappa shape index (κ1) is 14.5. The van der Waals surface area contributed by atoms with Crippen LogP contribution in [0.25, 0.3) is 0 Å². The second kappa shape index (κ2) is 7.73. The fourth-order valence-electron chi connectivity index (χ4n) is 1.32. The normalized spacial score (nSPS) is 11.9. The maximum absolute atomic E-state index is 11.2. The molecule has 0 spiro atoms. The molecule has 1 unspecified atom stereocenters. The third-order valence-corrected chi connectivity index (χ3v) is 1.83. The highest BCUT2D eigenvalue weighted by molar-refractivity contribution is 5.71. The van der Waals surface area contributed by atoms with Gasteiger partial charge in [0.05, 0.1) is 6.42 Å². The second-order valence-corrected chi connectivity index (χ2v) is 3.96. The summed E-state index contributed by atoms with van der Waals surface area (Å²) in [4.78, 5) is 21.8. The van der Waals surface area contributed by atoms with Gasteiger partial charge in [-0.3, -0.25) is 4.79 Å². The molecule has 0 radical (unpaired) electrons. The van der Waals surface area contributed by atoms with Crippen molar-refractivity contribution in [1.82, 2.24) is 5.32 Å². The van der Waals surface area contributed by atoms with Crippen molar-refractivity contribution in [3.05, 3.63) is 12.7 Å². The van der Waals surface area contributed by atoms with Crippen LogP contribution in [0.1, 0.15) is 26.7 Å². The van der Waals surface area contributed by atoms with E-state index in [0.717, 1.165) is 0 Å². The number of hydrogen-bond acceptors (Lipinski definition) is 3. The molecule has 16 heavy (non-hydrogen) atoms. The molecule has 1 amide bonds. The molecule has 0 bridgehead atoms. The van der Waals surface area contributed by atoms with Gasteiger partial charge in [0, 0.05) is 6.04 Å². The lowest BCUT2D eigenvalue weighted by molar-refractivity contribution is -0.137. The molecule has 0 fully saturated rings. The molecule has 0 aromatic carbocycles. The van der Waals surface area contributed by atoms with Crippen molar-refractivity contribution in [1.29, 1.82) is 0 Å². The molecule has 1 atom stereocenters. The molecule has 5 heteroatoms. The van der Waals surface area contributed by atoms with E-state index in [1.807, 2.05) is 13.8 Å². The third-order valence-electron chi connectivity index (χ3n) is 1.83. The predicted molar refractivity (Wildman–Crippen MR) is 60.2 cm³/mol. The molecule has 92 valence electrons. The fraction of sp³-hybridized carbons (Fsp3) is 0.636. The summed E-state index contributed by atoms with van der Waals surface area (Å²) in [6.07, 6.45) is 1.36. The van der Waals surface area contributed by atoms with Crippen molar-refractivity contribution in [3.63, 3.8) is 0 Å². The van der Waals surface area contributed by atoms with E-state index < -0.39 is 18.1 Å². The molecule has 0 aromatic heterocycles. The van der Waals surface area contributed by atoms with Crippen LogP contribution >= 0.6 is 0 Å². The van der Waals surface area contributed by atoms with Crippen LogP contribution in [-0.4, -0.2) is 29.8 Å². The highest BCUT2D eigenvalue weighted by Crippen LogP contribution is 2.08. The number of nitrogens with one attached hydrogen (secondary N) is 1. The molecule has 0 saturated carbocycles. The lowest BCUT2D eigenvalue weighted by Crippen LogP contribution is -2.37. The third kappa shape index (κ3) is 7.84. The molecular weight excluding hydrogens is 210 g/mol. The minimum Gasteiger partial charge on any atom is -0.481 e. The summed E-state index contributed by atoms with van der Waals surface area (Å²) in [7, 11) is 0. The van der Waals surface area contributed by atoms with E-state index in [1.165, 1.54) is 6.08 Å². The van der Waals surface area contributed by atoms with Gasteiger partial charge in [0.2, 0.25) is 0 Å². The summed E-state index contributed by atoms with van der Waals surface area (Å²) in [5.41, 5.74) is 0. The Kier molecular flexibility index (Phi) is 7.00. The Morgan fingerprint density at radius 2 is 2.12 bits per heavy atom. The molecule has 5 nitrogen and oxygen atoms in total. The first-order valence-electron chi connectivity index (χ1n) is 5.21. The maximum Gasteiger partial charge on any atom is 0.407 e. The van der Waals surface area contributed by atoms with Crippen LogP contribution in [0.15, 0.2) is 12.7 Å². The quantitative estimate of drug-likeness (QED) is 0.652. The number of alkyl carbamates (subject to hydrolysis) is 1. The van der Waals surface area contributed by atoms with Crippen LogP contribution in [0, 0.1) is 5.92 Å². The highest BCUT2D eigenvalue weighted by Gasteiger charge is 2.17. The molecule has 0 saturated heterocycles. The van der Waals surface area contributed by atoms with Crippen molar-refractivity contribution in [2.45, 2.75) is 32.7 Å². The number of aliphatic carboxylic acids is 1. The zero-order valence-corrected chi connectivity index (χ0v) is 9.73. The average Bonchev–Trinajstić information content (AvgIpc) is 2.12. The number of rotatable bonds is 7. The van der Waals surface area contributed by atoms with Crippen molar-refractivity contribution in [3.8, 4) is 0 Å². The molecule has 2 N–H and O–H groups in total. The van der Waals surface area contributed by atoms with E-state index in [9.17, 15) is 9.59 Å². The van der Waals surface area contributed by atoms with E-state index in [-0.39, 0.29) is 13.0 Å². The van der Waals surface area contributed by atoms with E-state index in [4.69, 9.17) is 9.84 Å². The topological polar surface area (TPSA) is 75.6 Å². The lowest BCUT2D eigenvalue weighted by Gasteiger charge is -2.18. The Labute approximate surface area is 95.5 Å². The van der Waals surface area contributed by atoms with Crippen LogP contribution in [0.3, 0.4) is 0 Å². The molecule has 0 aliphatic rings. The van der Waals surface area contributed by atoms with Gasteiger partial charge in [-0.15, -0.1) is 0 Å². The monoisotopic (exact) mass is 229 g/mol. The first-order chi connectivity index (χ1) is 7.45. The van der Waals surface area contributed by atoms with Crippen LogP contribution in [-0.2, 0) is 9.53 Å². The summed E-state index contributed by atoms with van der Waals surface area (Å²) in [5, 5.41) is 11.2. The van der Waals surface area contributed by atoms with Crippen LogP contribution < -0.4 is 5.32 Å². The molecule has 0 rings (SSSR count). The van der Waals surface area contributed by atoms with Crippen LogP contribution in [0.5, 0.6) is 0 Å². The fourth-order valence-corrected chi connectivity index (χ4v) is 1.32. The lowest BCUT2D eigenvalue weighted by atomic mass is 10.0. The zero-order chi connectivity index (χ0) is 12.6. The van der Waals surface area contributed by atoms with E-state index in [1.54, 1.807) is 0 Å². The SMILES string of the molecule is C=CCOC(=O)NC(CC(=O)O)CC(C)C. The van der Waals surface area contributed by atoms with Crippen molar-refractivity contribution in [2.75, 3.05) is 6.61 Å². The second-order valence-electron chi connectivity index (χ2n) is 3.96. The van der Waals surface area contributed by atoms with Crippen molar-refractivity contribution >= 4 is 12.1 Å². The Bertz CT molecular complexity index is 250. The summed E-state index contributed by atoms with van der Waals surface area (Å²) in [6, 6.07) is -0.394. The largest absolute Gasteiger partial charge is 0.481 e. The van der Waals surface area contributed by atoms with E-state index in [0.29, 0.717) is 12.3 Å². The van der Waals surface area contributed by atoms with Crippen molar-refractivity contribution in [2.24, 2.45) is 5.92 Å². The van der Waals surface area contributed by atoms with Crippen molar-refractivity contribution < 1.29 is 19.4 Å². The van der Waals surface area contributed by atoms with Gasteiger partial charge in [-0.25, -0.2) is 4.79 Å². The van der Waals surface area contributed by atoms with Gasteiger partial charge in [-0.05, 0) is 12.3 Å². The molecular formula is C11H19NO4. The number of ether oxygens (including phenoxy) is 1. The Balaban J connectivity index is 4.13. The maximum atomic E-state index is 11.2. The summed E-state index contributed by atoms with van der Waals surface area (Å²) >= 11 is 0. The van der Waals surface area contributed by atoms with Gasteiger partial charge < -0.3 is 15.2 Å². The average molecular weight is 229 g/mol. The number of carboxylic acids is 1. The molecule has 0 aliphatic carbocycles. The van der Waals surface area contributed by atoms with Crippen LogP contribution in [0.2, 0.25) is 0 Å². The van der Waals surface area contributed by atoms with Crippen LogP contribution in [0.4, 0.5) is 4.79 Å². The first-order valence-corrected chi connectivity index (χ1v) is 5.21. The zero-order valence-electron chi connectivity index (χ0n) is 9.73. The summed E-state index contributed by atoms with van der Waals surface area (Å²) in [5.74, 6) is -0.626. The summed E-state index contributed by atoms with van der Waals surface area (Å²) in [6.45, 7) is 7.46. The molecule has 0 heterocycles. The standard InChI is InChI=1S/C11H19NO4/c1-4-5-16-11(15)12-9(6-8(2)3)7-10(13)14/h4,8-9H,1,5-7H2,2-3H3,(H,12,15)(H,13,14). The van der Waals surface area contributed by atoms with Gasteiger partial charge in [0.25, 0.3) is 0 Å². The number of hydrogen-bond donors (Lipinski definition) is 2. The number of carbonyl (C=O) groups excluding carboxylic acids is 1. The van der Waals surface area contributed by atoms with Gasteiger partial charge in [0.15, 0.2) is 0 Å². The smallest absolute Gasteiger partial charge is 0.407 e. The Morgan fingerprint density at radius 3 is 2.56 bits per heavy atom. The van der Waals surface area contributed by atoms with E-state index in [2.05, 4.69) is 11.9 Å².